The van der Waals surface area contributed by atoms with Crippen LogP contribution in [0, 0.1) is 0 Å². The highest BCUT2D eigenvalue weighted by Gasteiger charge is 2.26. The molecule has 30 heavy (non-hydrogen) atoms. The van der Waals surface area contributed by atoms with Crippen molar-refractivity contribution >= 4 is 17.7 Å². The van der Waals surface area contributed by atoms with Gasteiger partial charge in [0.2, 0.25) is 0 Å². The molecule has 0 bridgehead atoms. The zero-order valence-corrected chi connectivity index (χ0v) is 17.4. The van der Waals surface area contributed by atoms with E-state index in [-0.39, 0.29) is 43.3 Å². The zero-order chi connectivity index (χ0) is 21.5. The highest BCUT2D eigenvalue weighted by molar-refractivity contribution is 5.98. The van der Waals surface area contributed by atoms with E-state index in [1.165, 1.54) is 0 Å². The van der Waals surface area contributed by atoms with Crippen LogP contribution in [0.25, 0.3) is 11.1 Å². The van der Waals surface area contributed by atoms with E-state index in [0.717, 1.165) is 11.1 Å². The maximum absolute atomic E-state index is 12.4. The number of Topliss-reactive ketones (excluding diaryl/α,β-unsaturated/α-hetero) is 1. The Morgan fingerprint density at radius 1 is 0.900 bits per heavy atom. The fourth-order valence-electron chi connectivity index (χ4n) is 3.53. The third kappa shape index (κ3) is 6.00. The van der Waals surface area contributed by atoms with E-state index >= 15 is 0 Å². The number of rotatable bonds is 7. The van der Waals surface area contributed by atoms with Crippen LogP contribution in [0.1, 0.15) is 37.0 Å². The second-order valence-corrected chi connectivity index (χ2v) is 7.58. The van der Waals surface area contributed by atoms with Crippen molar-refractivity contribution in [2.45, 2.75) is 38.9 Å². The highest BCUT2D eigenvalue weighted by Crippen LogP contribution is 2.20. The van der Waals surface area contributed by atoms with Crippen molar-refractivity contribution in [1.82, 2.24) is 4.90 Å². The van der Waals surface area contributed by atoms with Crippen molar-refractivity contribution < 1.29 is 23.9 Å². The van der Waals surface area contributed by atoms with Gasteiger partial charge in [0.25, 0.3) is 5.91 Å². The second-order valence-electron chi connectivity index (χ2n) is 7.58. The zero-order valence-electron chi connectivity index (χ0n) is 17.4. The summed E-state index contributed by atoms with van der Waals surface area (Å²) in [6.07, 6.45) is -0.0928. The molecule has 158 valence electrons. The van der Waals surface area contributed by atoms with Gasteiger partial charge in [-0.2, -0.15) is 0 Å². The van der Waals surface area contributed by atoms with E-state index in [0.29, 0.717) is 18.7 Å². The number of nitrogens with zero attached hydrogens (tertiary/aromatic N) is 1. The first kappa shape index (κ1) is 21.7. The molecule has 1 aliphatic heterocycles. The first-order valence-electron chi connectivity index (χ1n) is 10.2. The lowest BCUT2D eigenvalue weighted by Crippen LogP contribution is -2.49. The third-order valence-electron chi connectivity index (χ3n) is 5.00. The van der Waals surface area contributed by atoms with Crippen LogP contribution in [0.5, 0.6) is 0 Å². The predicted octanol–water partition coefficient (Wildman–Crippen LogP) is 3.50. The molecule has 0 unspecified atom stereocenters. The summed E-state index contributed by atoms with van der Waals surface area (Å²) < 4.78 is 10.7. The van der Waals surface area contributed by atoms with Crippen molar-refractivity contribution in [1.29, 1.82) is 0 Å². The Hall–Kier alpha value is -2.99. The van der Waals surface area contributed by atoms with E-state index in [2.05, 4.69) is 0 Å². The number of hydrogen-bond donors (Lipinski definition) is 0. The number of ether oxygens (including phenoxy) is 2. The molecule has 0 N–H and O–H groups in total. The predicted molar refractivity (Wildman–Crippen MR) is 113 cm³/mol. The minimum atomic E-state index is -0.549. The molecule has 2 atom stereocenters. The maximum atomic E-state index is 12.4. The molecule has 2 aromatic rings. The van der Waals surface area contributed by atoms with Crippen LogP contribution in [0.2, 0.25) is 0 Å². The van der Waals surface area contributed by atoms with E-state index in [1.54, 1.807) is 17.0 Å². The minimum absolute atomic E-state index is 0.0423. The first-order valence-corrected chi connectivity index (χ1v) is 10.2. The van der Waals surface area contributed by atoms with E-state index < -0.39 is 5.97 Å². The van der Waals surface area contributed by atoms with E-state index in [1.807, 2.05) is 56.3 Å². The normalized spacial score (nSPS) is 18.7. The van der Waals surface area contributed by atoms with Crippen molar-refractivity contribution in [3.63, 3.8) is 0 Å². The SMILES string of the molecule is C[C@@H]1CN(C(=O)COC(=O)CCC(=O)c2ccc(-c3ccccc3)cc2)C[C@H](C)O1. The van der Waals surface area contributed by atoms with Gasteiger partial charge in [0.05, 0.1) is 18.6 Å². The number of carbonyl (C=O) groups is 3. The Kier molecular flexibility index (Phi) is 7.36. The highest BCUT2D eigenvalue weighted by atomic mass is 16.5. The molecule has 0 radical (unpaired) electrons. The molecule has 3 rings (SSSR count). The van der Waals surface area contributed by atoms with Gasteiger partial charge in [0, 0.05) is 25.1 Å². The van der Waals surface area contributed by atoms with E-state index in [4.69, 9.17) is 9.47 Å². The van der Waals surface area contributed by atoms with Gasteiger partial charge in [-0.25, -0.2) is 0 Å². The third-order valence-corrected chi connectivity index (χ3v) is 5.00. The number of amides is 1. The van der Waals surface area contributed by atoms with Crippen LogP contribution in [0.15, 0.2) is 54.6 Å². The smallest absolute Gasteiger partial charge is 0.306 e. The summed E-state index contributed by atoms with van der Waals surface area (Å²) in [6.45, 7) is 4.47. The van der Waals surface area contributed by atoms with Crippen LogP contribution in [-0.2, 0) is 19.1 Å². The van der Waals surface area contributed by atoms with Crippen molar-refractivity contribution in [2.24, 2.45) is 0 Å². The molecule has 6 nitrogen and oxygen atoms in total. The topological polar surface area (TPSA) is 72.9 Å². The molecule has 0 saturated carbocycles. The molecule has 1 amide bonds. The number of benzene rings is 2. The first-order chi connectivity index (χ1) is 14.4. The number of esters is 1. The summed E-state index contributed by atoms with van der Waals surface area (Å²) >= 11 is 0. The average Bonchev–Trinajstić information content (AvgIpc) is 2.75. The monoisotopic (exact) mass is 409 g/mol. The van der Waals surface area contributed by atoms with Crippen molar-refractivity contribution in [3.05, 3.63) is 60.2 Å². The largest absolute Gasteiger partial charge is 0.456 e. The Bertz CT molecular complexity index is 868. The molecular weight excluding hydrogens is 382 g/mol. The van der Waals surface area contributed by atoms with E-state index in [9.17, 15) is 14.4 Å². The minimum Gasteiger partial charge on any atom is -0.456 e. The molecule has 1 aliphatic rings. The Morgan fingerprint density at radius 3 is 2.13 bits per heavy atom. The van der Waals surface area contributed by atoms with Gasteiger partial charge < -0.3 is 14.4 Å². The Labute approximate surface area is 176 Å². The Morgan fingerprint density at radius 2 is 1.50 bits per heavy atom. The van der Waals surface area contributed by atoms with Gasteiger partial charge in [-0.05, 0) is 25.0 Å². The molecule has 0 spiro atoms. The molecule has 1 heterocycles. The maximum Gasteiger partial charge on any atom is 0.306 e. The standard InChI is InChI=1S/C24H27NO5/c1-17-14-25(15-18(2)30-17)23(27)16-29-24(28)13-12-22(26)21-10-8-20(9-11-21)19-6-4-3-5-7-19/h3-11,17-18H,12-16H2,1-2H3/t17-,18+. The second kappa shape index (κ2) is 10.2. The lowest BCUT2D eigenvalue weighted by atomic mass is 10.0. The van der Waals surface area contributed by atoms with Gasteiger partial charge in [0.15, 0.2) is 12.4 Å². The fourth-order valence-corrected chi connectivity index (χ4v) is 3.53. The lowest BCUT2D eigenvalue weighted by molar-refractivity contribution is -0.157. The van der Waals surface area contributed by atoms with Gasteiger partial charge >= 0.3 is 5.97 Å². The van der Waals surface area contributed by atoms with Crippen molar-refractivity contribution in [2.75, 3.05) is 19.7 Å². The van der Waals surface area contributed by atoms with Gasteiger partial charge in [-0.15, -0.1) is 0 Å². The molecule has 1 saturated heterocycles. The summed E-state index contributed by atoms with van der Waals surface area (Å²) in [4.78, 5) is 38.2. The fraction of sp³-hybridized carbons (Fsp3) is 0.375. The summed E-state index contributed by atoms with van der Waals surface area (Å²) in [7, 11) is 0. The number of hydrogen-bond acceptors (Lipinski definition) is 5. The van der Waals surface area contributed by atoms with Crippen LogP contribution in [-0.4, -0.2) is 54.5 Å². The lowest BCUT2D eigenvalue weighted by Gasteiger charge is -2.35. The number of carbonyl (C=O) groups excluding carboxylic acids is 3. The van der Waals surface area contributed by atoms with Crippen LogP contribution >= 0.6 is 0 Å². The average molecular weight is 409 g/mol. The van der Waals surface area contributed by atoms with Gasteiger partial charge in [0.1, 0.15) is 0 Å². The summed E-state index contributed by atoms with van der Waals surface area (Å²) in [5.74, 6) is -0.922. The number of morpholine rings is 1. The molecule has 0 aliphatic carbocycles. The summed E-state index contributed by atoms with van der Waals surface area (Å²) in [6, 6.07) is 17.2. The van der Waals surface area contributed by atoms with Gasteiger partial charge in [-0.3, -0.25) is 14.4 Å². The molecule has 2 aromatic carbocycles. The number of ketones is 1. The van der Waals surface area contributed by atoms with Gasteiger partial charge in [-0.1, -0.05) is 54.6 Å². The van der Waals surface area contributed by atoms with Crippen LogP contribution < -0.4 is 0 Å². The quantitative estimate of drug-likeness (QED) is 0.517. The summed E-state index contributed by atoms with van der Waals surface area (Å²) in [5.41, 5.74) is 2.65. The summed E-state index contributed by atoms with van der Waals surface area (Å²) in [5, 5.41) is 0. The molecular formula is C24H27NO5. The van der Waals surface area contributed by atoms with Crippen molar-refractivity contribution in [3.8, 4) is 11.1 Å². The Balaban J connectivity index is 1.43. The molecule has 0 aromatic heterocycles. The van der Waals surface area contributed by atoms with Crippen LogP contribution in [0.4, 0.5) is 0 Å². The van der Waals surface area contributed by atoms with Crippen LogP contribution in [0.3, 0.4) is 0 Å². The molecule has 6 heteroatoms. The molecule has 1 fully saturated rings.